The van der Waals surface area contributed by atoms with Gasteiger partial charge in [0.1, 0.15) is 11.7 Å². The maximum absolute atomic E-state index is 14.1. The lowest BCUT2D eigenvalue weighted by molar-refractivity contribution is -0.199. The Hall–Kier alpha value is -3.76. The van der Waals surface area contributed by atoms with Gasteiger partial charge < -0.3 is 25.3 Å². The van der Waals surface area contributed by atoms with Crippen LogP contribution in [0.1, 0.15) is 80.3 Å². The smallest absolute Gasteiger partial charge is 0.404 e. The van der Waals surface area contributed by atoms with Crippen molar-refractivity contribution in [3.63, 3.8) is 0 Å². The molecule has 46 heavy (non-hydrogen) atoms. The SMILES string of the molecule is Cc1ccc(C(=O)NC[C@H](NC(=O)c2nccc3ccccc23)C(=O)N[C@@H](CC(C)C)B2O[C@@H]3C[C@@H]4C[C@@H](C4(C)C)[C@]3(C)O2)cc1. The van der Waals surface area contributed by atoms with Crippen LogP contribution in [0, 0.1) is 30.1 Å². The number of rotatable bonds is 10. The van der Waals surface area contributed by atoms with Gasteiger partial charge in [0.25, 0.3) is 11.8 Å². The second-order valence-corrected chi connectivity index (χ2v) is 14.6. The van der Waals surface area contributed by atoms with Gasteiger partial charge in [-0.1, -0.05) is 69.7 Å². The fourth-order valence-corrected chi connectivity index (χ4v) is 7.84. The van der Waals surface area contributed by atoms with Crippen molar-refractivity contribution in [3.05, 3.63) is 77.6 Å². The summed E-state index contributed by atoms with van der Waals surface area (Å²) in [6.45, 7) is 12.8. The minimum atomic E-state index is -1.08. The Morgan fingerprint density at radius 3 is 2.43 bits per heavy atom. The molecule has 3 saturated carbocycles. The van der Waals surface area contributed by atoms with Gasteiger partial charge in [-0.05, 0) is 79.9 Å². The molecule has 3 aliphatic carbocycles. The first kappa shape index (κ1) is 32.2. The zero-order valence-corrected chi connectivity index (χ0v) is 27.6. The van der Waals surface area contributed by atoms with E-state index in [0.717, 1.165) is 23.8 Å². The Morgan fingerprint density at radius 1 is 0.978 bits per heavy atom. The number of amides is 3. The second-order valence-electron chi connectivity index (χ2n) is 14.6. The van der Waals surface area contributed by atoms with Crippen LogP contribution in [0.25, 0.3) is 10.8 Å². The average Bonchev–Trinajstić information content (AvgIpc) is 3.39. The number of carbonyl (C=O) groups is 3. The number of hydrogen-bond donors (Lipinski definition) is 3. The summed E-state index contributed by atoms with van der Waals surface area (Å²) >= 11 is 0. The third kappa shape index (κ3) is 6.05. The van der Waals surface area contributed by atoms with Gasteiger partial charge in [-0.3, -0.25) is 19.4 Å². The van der Waals surface area contributed by atoms with E-state index in [2.05, 4.69) is 55.6 Å². The van der Waals surface area contributed by atoms with E-state index in [-0.39, 0.29) is 35.6 Å². The van der Waals surface area contributed by atoms with Crippen molar-refractivity contribution in [1.29, 1.82) is 0 Å². The summed E-state index contributed by atoms with van der Waals surface area (Å²) in [7, 11) is -0.616. The topological polar surface area (TPSA) is 119 Å². The summed E-state index contributed by atoms with van der Waals surface area (Å²) < 4.78 is 13.3. The van der Waals surface area contributed by atoms with Crippen molar-refractivity contribution >= 4 is 35.6 Å². The van der Waals surface area contributed by atoms with Crippen LogP contribution in [-0.4, -0.2) is 60.1 Å². The van der Waals surface area contributed by atoms with Crippen molar-refractivity contribution in [3.8, 4) is 0 Å². The average molecular weight is 625 g/mol. The van der Waals surface area contributed by atoms with Gasteiger partial charge in [-0.2, -0.15) is 0 Å². The zero-order valence-electron chi connectivity index (χ0n) is 27.6. The number of benzene rings is 2. The molecule has 4 aliphatic rings. The van der Waals surface area contributed by atoms with Crippen LogP contribution in [0.5, 0.6) is 0 Å². The van der Waals surface area contributed by atoms with Crippen LogP contribution >= 0.6 is 0 Å². The van der Waals surface area contributed by atoms with Gasteiger partial charge in [0.2, 0.25) is 5.91 Å². The number of fused-ring (bicyclic) bond motifs is 1. The number of nitrogens with zero attached hydrogens (tertiary/aromatic N) is 1. The lowest BCUT2D eigenvalue weighted by Crippen LogP contribution is -2.65. The van der Waals surface area contributed by atoms with E-state index >= 15 is 0 Å². The van der Waals surface area contributed by atoms with Crippen LogP contribution in [-0.2, 0) is 14.1 Å². The first-order chi connectivity index (χ1) is 21.9. The van der Waals surface area contributed by atoms with Crippen molar-refractivity contribution in [2.24, 2.45) is 23.2 Å². The van der Waals surface area contributed by atoms with E-state index < -0.39 is 36.5 Å². The number of aryl methyl sites for hydroxylation is 1. The first-order valence-corrected chi connectivity index (χ1v) is 16.5. The molecule has 3 aromatic rings. The van der Waals surface area contributed by atoms with Gasteiger partial charge in [0.15, 0.2) is 0 Å². The highest BCUT2D eigenvalue weighted by Crippen LogP contribution is 2.65. The third-order valence-electron chi connectivity index (χ3n) is 10.6. The number of carbonyl (C=O) groups excluding carboxylic acids is 3. The molecule has 2 aromatic carbocycles. The molecule has 7 rings (SSSR count). The molecule has 1 aliphatic heterocycles. The van der Waals surface area contributed by atoms with Crippen LogP contribution in [0.4, 0.5) is 0 Å². The maximum atomic E-state index is 14.1. The number of aromatic nitrogens is 1. The summed E-state index contributed by atoms with van der Waals surface area (Å²) in [5, 5.41) is 10.4. The highest BCUT2D eigenvalue weighted by molar-refractivity contribution is 6.48. The molecule has 0 radical (unpaired) electrons. The Kier molecular flexibility index (Phi) is 8.72. The lowest BCUT2D eigenvalue weighted by atomic mass is 9.43. The van der Waals surface area contributed by atoms with Crippen molar-refractivity contribution in [2.75, 3.05) is 6.54 Å². The fraction of sp³-hybridized carbons (Fsp3) is 0.500. The molecule has 4 fully saturated rings. The number of nitrogens with one attached hydrogen (secondary N) is 3. The molecular weight excluding hydrogens is 579 g/mol. The summed E-state index contributed by atoms with van der Waals surface area (Å²) in [4.78, 5) is 45.1. The molecule has 3 amide bonds. The Labute approximate surface area is 271 Å². The monoisotopic (exact) mass is 624 g/mol. The molecule has 242 valence electrons. The van der Waals surface area contributed by atoms with Crippen LogP contribution < -0.4 is 16.0 Å². The van der Waals surface area contributed by atoms with Crippen LogP contribution in [0.3, 0.4) is 0 Å². The Balaban J connectivity index is 1.22. The molecule has 6 atom stereocenters. The van der Waals surface area contributed by atoms with Gasteiger partial charge >= 0.3 is 7.12 Å². The normalized spacial score (nSPS) is 25.7. The quantitative estimate of drug-likeness (QED) is 0.277. The van der Waals surface area contributed by atoms with Crippen LogP contribution in [0.15, 0.2) is 60.8 Å². The second kappa shape index (κ2) is 12.5. The number of hydrogen-bond acceptors (Lipinski definition) is 6. The molecule has 2 heterocycles. The van der Waals surface area contributed by atoms with E-state index in [9.17, 15) is 14.4 Å². The maximum Gasteiger partial charge on any atom is 0.481 e. The van der Waals surface area contributed by atoms with E-state index in [1.54, 1.807) is 18.3 Å². The Bertz CT molecular complexity index is 1620. The van der Waals surface area contributed by atoms with Crippen molar-refractivity contribution in [1.82, 2.24) is 20.9 Å². The summed E-state index contributed by atoms with van der Waals surface area (Å²) in [5.74, 6) is -0.478. The fourth-order valence-electron chi connectivity index (χ4n) is 7.84. The molecule has 1 aromatic heterocycles. The van der Waals surface area contributed by atoms with E-state index in [1.165, 1.54) is 0 Å². The largest absolute Gasteiger partial charge is 0.481 e. The molecule has 2 bridgehead atoms. The highest BCUT2D eigenvalue weighted by Gasteiger charge is 2.68. The van der Waals surface area contributed by atoms with Gasteiger partial charge in [0.05, 0.1) is 17.6 Å². The predicted octanol–water partition coefficient (Wildman–Crippen LogP) is 4.87. The molecule has 1 saturated heterocycles. The molecule has 0 spiro atoms. The minimum Gasteiger partial charge on any atom is -0.404 e. The van der Waals surface area contributed by atoms with Crippen LogP contribution in [0.2, 0.25) is 0 Å². The highest BCUT2D eigenvalue weighted by atomic mass is 16.7. The van der Waals surface area contributed by atoms with Gasteiger partial charge in [-0.15, -0.1) is 0 Å². The number of pyridine rings is 1. The van der Waals surface area contributed by atoms with Gasteiger partial charge in [0, 0.05) is 23.7 Å². The summed E-state index contributed by atoms with van der Waals surface area (Å²) in [5.41, 5.74) is 1.49. The molecular formula is C36H45BN4O5. The van der Waals surface area contributed by atoms with E-state index in [4.69, 9.17) is 9.31 Å². The van der Waals surface area contributed by atoms with Gasteiger partial charge in [-0.25, -0.2) is 0 Å². The van der Waals surface area contributed by atoms with Crippen molar-refractivity contribution in [2.45, 2.75) is 84.5 Å². The van der Waals surface area contributed by atoms with Crippen molar-refractivity contribution < 1.29 is 23.7 Å². The molecule has 10 heteroatoms. The summed E-state index contributed by atoms with van der Waals surface area (Å²) in [6, 6.07) is 15.4. The zero-order chi connectivity index (χ0) is 32.8. The third-order valence-corrected chi connectivity index (χ3v) is 10.6. The van der Waals surface area contributed by atoms with E-state index in [0.29, 0.717) is 29.2 Å². The predicted molar refractivity (Wildman–Crippen MR) is 178 cm³/mol. The first-order valence-electron chi connectivity index (χ1n) is 16.5. The lowest BCUT2D eigenvalue weighted by Gasteiger charge is -2.64. The standard InChI is InChI=1S/C36H45BN4O5/c1-21(2)17-30(37-45-29-19-25-18-28(35(25,4)5)36(29,6)46-37)41-33(43)27(20-39-32(42)24-13-11-22(3)12-14-24)40-34(44)31-26-10-8-7-9-23(26)15-16-38-31/h7-16,21,25,27-30H,17-20H2,1-6H3,(H,39,42)(H,40,44)(H,41,43)/t25-,27-,28-,29+,30-,36-/m0/s1. The molecule has 0 unspecified atom stereocenters. The van der Waals surface area contributed by atoms with E-state index in [1.807, 2.05) is 49.4 Å². The summed E-state index contributed by atoms with van der Waals surface area (Å²) in [6.07, 6.45) is 4.25. The minimum absolute atomic E-state index is 0.0254. The molecule has 3 N–H and O–H groups in total. The Morgan fingerprint density at radius 2 is 1.72 bits per heavy atom. The molecule has 9 nitrogen and oxygen atoms in total.